The third kappa shape index (κ3) is 4.65. The number of rotatable bonds is 4. The van der Waals surface area contributed by atoms with Crippen LogP contribution in [0.5, 0.6) is 0 Å². The number of aromatic nitrogens is 1. The zero-order chi connectivity index (χ0) is 20.1. The molecule has 1 saturated carbocycles. The second kappa shape index (κ2) is 9.39. The normalized spacial score (nSPS) is 18.8. The predicted octanol–water partition coefficient (Wildman–Crippen LogP) is 3.70. The second-order valence-corrected chi connectivity index (χ2v) is 8.19. The van der Waals surface area contributed by atoms with Crippen molar-refractivity contribution in [2.75, 3.05) is 26.7 Å². The molecular formula is C22H34N4O2. The Bertz CT molecular complexity index is 692. The average Bonchev–Trinajstić information content (AvgIpc) is 2.73. The van der Waals surface area contributed by atoms with E-state index in [4.69, 9.17) is 4.98 Å². The molecule has 0 spiro atoms. The van der Waals surface area contributed by atoms with Crippen LogP contribution in [0.25, 0.3) is 0 Å². The summed E-state index contributed by atoms with van der Waals surface area (Å²) in [7, 11) is 1.94. The molecule has 154 valence electrons. The maximum atomic E-state index is 13.3. The van der Waals surface area contributed by atoms with Crippen molar-refractivity contribution in [2.24, 2.45) is 0 Å². The molecule has 3 rings (SSSR count). The minimum absolute atomic E-state index is 0.00600. The van der Waals surface area contributed by atoms with E-state index in [1.807, 2.05) is 42.8 Å². The summed E-state index contributed by atoms with van der Waals surface area (Å²) in [5, 5.41) is 2.87. The summed E-state index contributed by atoms with van der Waals surface area (Å²) in [4.78, 5) is 34.0. The molecule has 1 aliphatic heterocycles. The first-order chi connectivity index (χ1) is 13.5. The summed E-state index contributed by atoms with van der Waals surface area (Å²) in [6, 6.07) is 4.24. The van der Waals surface area contributed by atoms with Crippen LogP contribution in [0.3, 0.4) is 0 Å². The Balaban J connectivity index is 1.74. The number of urea groups is 1. The van der Waals surface area contributed by atoms with Gasteiger partial charge in [0.25, 0.3) is 5.91 Å². The topological polar surface area (TPSA) is 65.5 Å². The Morgan fingerprint density at radius 1 is 1.14 bits per heavy atom. The van der Waals surface area contributed by atoms with Crippen LogP contribution in [0, 0.1) is 6.92 Å². The highest BCUT2D eigenvalue weighted by atomic mass is 16.2. The Morgan fingerprint density at radius 3 is 2.46 bits per heavy atom. The number of likely N-dealkylation sites (tertiary alicyclic amines) is 1. The van der Waals surface area contributed by atoms with E-state index in [9.17, 15) is 9.59 Å². The molecule has 1 N–H and O–H groups in total. The van der Waals surface area contributed by atoms with Crippen molar-refractivity contribution < 1.29 is 9.59 Å². The number of carbonyl (C=O) groups excluding carboxylic acids is 2. The maximum absolute atomic E-state index is 13.3. The van der Waals surface area contributed by atoms with Crippen LogP contribution in [0.2, 0.25) is 0 Å². The van der Waals surface area contributed by atoms with Gasteiger partial charge in [0.1, 0.15) is 0 Å². The summed E-state index contributed by atoms with van der Waals surface area (Å²) < 4.78 is 0. The SMILES string of the molecule is CCNC(=O)N1CCC(c2nc(C)ccc2C(=O)N(C)C2CCCCC2)CC1. The van der Waals surface area contributed by atoms with E-state index >= 15 is 0 Å². The van der Waals surface area contributed by atoms with Crippen LogP contribution < -0.4 is 5.32 Å². The van der Waals surface area contributed by atoms with Gasteiger partial charge in [0.15, 0.2) is 0 Å². The van der Waals surface area contributed by atoms with E-state index in [0.29, 0.717) is 25.7 Å². The fraction of sp³-hybridized carbons (Fsp3) is 0.682. The first-order valence-electron chi connectivity index (χ1n) is 10.8. The molecule has 6 nitrogen and oxygen atoms in total. The van der Waals surface area contributed by atoms with Crippen LogP contribution in [-0.4, -0.2) is 59.4 Å². The van der Waals surface area contributed by atoms with E-state index in [2.05, 4.69) is 5.32 Å². The lowest BCUT2D eigenvalue weighted by Crippen LogP contribution is -2.44. The number of nitrogens with one attached hydrogen (secondary N) is 1. The van der Waals surface area contributed by atoms with Gasteiger partial charge < -0.3 is 15.1 Å². The quantitative estimate of drug-likeness (QED) is 0.858. The van der Waals surface area contributed by atoms with Gasteiger partial charge in [0.05, 0.1) is 11.3 Å². The summed E-state index contributed by atoms with van der Waals surface area (Å²) >= 11 is 0. The lowest BCUT2D eigenvalue weighted by molar-refractivity contribution is 0.0693. The van der Waals surface area contributed by atoms with Gasteiger partial charge in [-0.15, -0.1) is 0 Å². The van der Waals surface area contributed by atoms with Gasteiger partial charge >= 0.3 is 6.03 Å². The number of hydrogen-bond donors (Lipinski definition) is 1. The first kappa shape index (κ1) is 20.6. The molecule has 0 atom stereocenters. The lowest BCUT2D eigenvalue weighted by atomic mass is 9.89. The zero-order valence-electron chi connectivity index (χ0n) is 17.5. The number of nitrogens with zero attached hydrogens (tertiary/aromatic N) is 3. The summed E-state index contributed by atoms with van der Waals surface area (Å²) in [6.07, 6.45) is 7.59. The van der Waals surface area contributed by atoms with Crippen LogP contribution in [0.1, 0.15) is 79.5 Å². The van der Waals surface area contributed by atoms with E-state index in [1.54, 1.807) is 0 Å². The Morgan fingerprint density at radius 2 is 1.82 bits per heavy atom. The van der Waals surface area contributed by atoms with Gasteiger partial charge in [-0.3, -0.25) is 9.78 Å². The van der Waals surface area contributed by atoms with Crippen molar-refractivity contribution in [3.05, 3.63) is 29.1 Å². The minimum Gasteiger partial charge on any atom is -0.339 e. The highest BCUT2D eigenvalue weighted by molar-refractivity contribution is 5.95. The van der Waals surface area contributed by atoms with Crippen molar-refractivity contribution in [2.45, 2.75) is 70.8 Å². The molecule has 3 amide bonds. The fourth-order valence-electron chi connectivity index (χ4n) is 4.51. The van der Waals surface area contributed by atoms with E-state index < -0.39 is 0 Å². The number of carbonyl (C=O) groups is 2. The summed E-state index contributed by atoms with van der Waals surface area (Å²) in [5.74, 6) is 0.324. The number of amides is 3. The van der Waals surface area contributed by atoms with E-state index in [1.165, 1.54) is 19.3 Å². The van der Waals surface area contributed by atoms with Crippen LogP contribution in [-0.2, 0) is 0 Å². The molecule has 1 aliphatic carbocycles. The van der Waals surface area contributed by atoms with Crippen molar-refractivity contribution in [3.8, 4) is 0 Å². The fourth-order valence-corrected chi connectivity index (χ4v) is 4.51. The van der Waals surface area contributed by atoms with E-state index in [0.717, 1.165) is 42.6 Å². The standard InChI is InChI=1S/C22H34N4O2/c1-4-23-22(28)26-14-12-17(13-15-26)20-19(11-10-16(2)24-20)21(27)25(3)18-8-6-5-7-9-18/h10-11,17-18H,4-9,12-15H2,1-3H3,(H,23,28). The predicted molar refractivity (Wildman–Crippen MR) is 111 cm³/mol. The number of aryl methyl sites for hydroxylation is 1. The minimum atomic E-state index is 0.00600. The number of piperidine rings is 1. The van der Waals surface area contributed by atoms with Gasteiger partial charge in [-0.05, 0) is 51.7 Å². The second-order valence-electron chi connectivity index (χ2n) is 8.19. The molecule has 2 aliphatic rings. The van der Waals surface area contributed by atoms with Gasteiger partial charge in [0.2, 0.25) is 0 Å². The third-order valence-corrected chi connectivity index (χ3v) is 6.23. The van der Waals surface area contributed by atoms with Crippen molar-refractivity contribution in [3.63, 3.8) is 0 Å². The smallest absolute Gasteiger partial charge is 0.317 e. The third-order valence-electron chi connectivity index (χ3n) is 6.23. The van der Waals surface area contributed by atoms with Gasteiger partial charge in [-0.2, -0.15) is 0 Å². The van der Waals surface area contributed by atoms with Gasteiger partial charge in [0, 0.05) is 44.3 Å². The maximum Gasteiger partial charge on any atom is 0.317 e. The molecule has 0 bridgehead atoms. The highest BCUT2D eigenvalue weighted by Gasteiger charge is 2.30. The molecule has 0 unspecified atom stereocenters. The van der Waals surface area contributed by atoms with Crippen LogP contribution >= 0.6 is 0 Å². The van der Waals surface area contributed by atoms with Gasteiger partial charge in [-0.1, -0.05) is 19.3 Å². The zero-order valence-corrected chi connectivity index (χ0v) is 17.5. The molecule has 2 heterocycles. The van der Waals surface area contributed by atoms with Crippen molar-refractivity contribution >= 4 is 11.9 Å². The molecule has 0 radical (unpaired) electrons. The average molecular weight is 387 g/mol. The lowest BCUT2D eigenvalue weighted by Gasteiger charge is -2.34. The Kier molecular flexibility index (Phi) is 6.92. The van der Waals surface area contributed by atoms with E-state index in [-0.39, 0.29) is 17.9 Å². The number of pyridine rings is 1. The first-order valence-corrected chi connectivity index (χ1v) is 10.8. The summed E-state index contributed by atoms with van der Waals surface area (Å²) in [5.41, 5.74) is 2.61. The van der Waals surface area contributed by atoms with Gasteiger partial charge in [-0.25, -0.2) is 4.79 Å². The molecule has 2 fully saturated rings. The molecular weight excluding hydrogens is 352 g/mol. The summed E-state index contributed by atoms with van der Waals surface area (Å²) in [6.45, 7) is 5.97. The Hall–Kier alpha value is -2.11. The molecule has 1 aromatic rings. The largest absolute Gasteiger partial charge is 0.339 e. The van der Waals surface area contributed by atoms with Crippen molar-refractivity contribution in [1.29, 1.82) is 0 Å². The van der Waals surface area contributed by atoms with Crippen LogP contribution in [0.4, 0.5) is 4.79 Å². The van der Waals surface area contributed by atoms with Crippen molar-refractivity contribution in [1.82, 2.24) is 20.1 Å². The molecule has 28 heavy (non-hydrogen) atoms. The molecule has 0 aromatic carbocycles. The monoisotopic (exact) mass is 386 g/mol. The molecule has 1 aromatic heterocycles. The molecule has 1 saturated heterocycles. The highest BCUT2D eigenvalue weighted by Crippen LogP contribution is 2.31. The number of hydrogen-bond acceptors (Lipinski definition) is 3. The van der Waals surface area contributed by atoms with Crippen LogP contribution in [0.15, 0.2) is 12.1 Å². The molecule has 6 heteroatoms. The Labute approximate surface area is 168 Å².